The molecule has 2 aliphatic rings. The van der Waals surface area contributed by atoms with E-state index in [2.05, 4.69) is 4.84 Å². The van der Waals surface area contributed by atoms with Crippen molar-refractivity contribution in [3.05, 3.63) is 0 Å². The van der Waals surface area contributed by atoms with Gasteiger partial charge in [-0.2, -0.15) is 0 Å². The molecule has 9 nitrogen and oxygen atoms in total. The molecule has 0 radical (unpaired) electrons. The van der Waals surface area contributed by atoms with Gasteiger partial charge in [-0.25, -0.2) is 4.79 Å². The fraction of sp³-hybridized carbons (Fsp3) is 0.786. The summed E-state index contributed by atoms with van der Waals surface area (Å²) in [7, 11) is 0. The number of hydroxylamine groups is 2. The van der Waals surface area contributed by atoms with Crippen LogP contribution in [0.25, 0.3) is 0 Å². The van der Waals surface area contributed by atoms with E-state index in [0.717, 1.165) is 0 Å². The van der Waals surface area contributed by atoms with Crippen LogP contribution in [0.2, 0.25) is 0 Å². The lowest BCUT2D eigenvalue weighted by Gasteiger charge is -2.42. The fourth-order valence-corrected chi connectivity index (χ4v) is 2.09. The Morgan fingerprint density at radius 2 is 1.78 bits per heavy atom. The van der Waals surface area contributed by atoms with Crippen LogP contribution >= 0.6 is 0 Å². The molecule has 0 unspecified atom stereocenters. The SMILES string of the molecule is CC1(C)OCC(CO)(COCC(=O)ON2C(=O)CCC2=O)CO1. The Kier molecular flexibility index (Phi) is 5.35. The zero-order chi connectivity index (χ0) is 17.1. The summed E-state index contributed by atoms with van der Waals surface area (Å²) in [5.74, 6) is -2.69. The maximum atomic E-state index is 11.6. The standard InChI is InChI=1S/C14H21NO8/c1-13(2)21-8-14(6-16,9-22-13)7-20-5-12(19)23-15-10(17)3-4-11(15)18/h16H,3-9H2,1-2H3. The van der Waals surface area contributed by atoms with Gasteiger partial charge in [0, 0.05) is 12.8 Å². The van der Waals surface area contributed by atoms with Gasteiger partial charge in [-0.1, -0.05) is 0 Å². The maximum absolute atomic E-state index is 11.6. The van der Waals surface area contributed by atoms with Gasteiger partial charge in [-0.3, -0.25) is 9.59 Å². The topological polar surface area (TPSA) is 112 Å². The van der Waals surface area contributed by atoms with E-state index in [1.165, 1.54) is 0 Å². The molecule has 2 fully saturated rings. The molecule has 2 rings (SSSR count). The van der Waals surface area contributed by atoms with Crippen LogP contribution in [0.15, 0.2) is 0 Å². The molecule has 2 heterocycles. The van der Waals surface area contributed by atoms with Gasteiger partial charge in [0.1, 0.15) is 6.61 Å². The minimum atomic E-state index is -0.861. The molecule has 0 aromatic carbocycles. The lowest BCUT2D eigenvalue weighted by Crippen LogP contribution is -2.51. The largest absolute Gasteiger partial charge is 0.396 e. The molecule has 0 aromatic rings. The van der Waals surface area contributed by atoms with E-state index in [4.69, 9.17) is 14.2 Å². The lowest BCUT2D eigenvalue weighted by atomic mass is 9.91. The number of hydrogen-bond acceptors (Lipinski definition) is 8. The van der Waals surface area contributed by atoms with Gasteiger partial charge in [0.25, 0.3) is 11.8 Å². The number of ether oxygens (including phenoxy) is 3. The number of rotatable bonds is 6. The summed E-state index contributed by atoms with van der Waals surface area (Å²) in [6.45, 7) is 3.27. The van der Waals surface area contributed by atoms with E-state index in [1.807, 2.05) is 0 Å². The van der Waals surface area contributed by atoms with Crippen LogP contribution in [-0.4, -0.2) is 66.8 Å². The molecular weight excluding hydrogens is 310 g/mol. The van der Waals surface area contributed by atoms with Gasteiger partial charge in [-0.15, -0.1) is 5.06 Å². The first kappa shape index (κ1) is 17.8. The van der Waals surface area contributed by atoms with E-state index < -0.39 is 35.6 Å². The highest BCUT2D eigenvalue weighted by molar-refractivity contribution is 6.01. The Bertz CT molecular complexity index is 463. The highest BCUT2D eigenvalue weighted by Crippen LogP contribution is 2.29. The summed E-state index contributed by atoms with van der Waals surface area (Å²) in [6.07, 6.45) is 0.0656. The second-order valence-electron chi connectivity index (χ2n) is 6.17. The molecule has 2 aliphatic heterocycles. The first-order valence-corrected chi connectivity index (χ1v) is 7.30. The maximum Gasteiger partial charge on any atom is 0.358 e. The van der Waals surface area contributed by atoms with E-state index in [1.54, 1.807) is 13.8 Å². The highest BCUT2D eigenvalue weighted by Gasteiger charge is 2.40. The van der Waals surface area contributed by atoms with Gasteiger partial charge in [-0.05, 0) is 13.8 Å². The van der Waals surface area contributed by atoms with Crippen molar-refractivity contribution < 1.29 is 38.5 Å². The van der Waals surface area contributed by atoms with Crippen molar-refractivity contribution in [2.45, 2.75) is 32.5 Å². The van der Waals surface area contributed by atoms with Crippen molar-refractivity contribution in [3.63, 3.8) is 0 Å². The Morgan fingerprint density at radius 1 is 1.22 bits per heavy atom. The predicted molar refractivity (Wildman–Crippen MR) is 73.5 cm³/mol. The number of amides is 2. The Labute approximate surface area is 133 Å². The van der Waals surface area contributed by atoms with Crippen molar-refractivity contribution in [1.82, 2.24) is 5.06 Å². The fourth-order valence-electron chi connectivity index (χ4n) is 2.09. The van der Waals surface area contributed by atoms with Gasteiger partial charge in [0.2, 0.25) is 0 Å². The number of carbonyl (C=O) groups is 3. The molecule has 0 spiro atoms. The number of hydrogen-bond donors (Lipinski definition) is 1. The summed E-state index contributed by atoms with van der Waals surface area (Å²) in [4.78, 5) is 38.9. The Hall–Kier alpha value is -1.55. The molecule has 0 aromatic heterocycles. The average Bonchev–Trinajstić information content (AvgIpc) is 2.81. The van der Waals surface area contributed by atoms with Crippen molar-refractivity contribution >= 4 is 17.8 Å². The highest BCUT2D eigenvalue weighted by atomic mass is 16.7. The summed E-state index contributed by atoms with van der Waals surface area (Å²) in [5, 5.41) is 9.98. The first-order chi connectivity index (χ1) is 10.8. The minimum Gasteiger partial charge on any atom is -0.396 e. The van der Waals surface area contributed by atoms with Gasteiger partial charge in [0.15, 0.2) is 5.79 Å². The van der Waals surface area contributed by atoms with Crippen molar-refractivity contribution in [1.29, 1.82) is 0 Å². The molecule has 9 heteroatoms. The number of aliphatic hydroxyl groups is 1. The molecular formula is C14H21NO8. The van der Waals surface area contributed by atoms with Crippen molar-refractivity contribution in [2.75, 3.05) is 33.0 Å². The quantitative estimate of drug-likeness (QED) is 0.641. The second kappa shape index (κ2) is 6.91. The van der Waals surface area contributed by atoms with Crippen LogP contribution < -0.4 is 0 Å². The number of aliphatic hydroxyl groups excluding tert-OH is 1. The number of carbonyl (C=O) groups excluding carboxylic acids is 3. The smallest absolute Gasteiger partial charge is 0.358 e. The predicted octanol–water partition coefficient (Wildman–Crippen LogP) is -0.628. The van der Waals surface area contributed by atoms with Gasteiger partial charge >= 0.3 is 5.97 Å². The summed E-state index contributed by atoms with van der Waals surface area (Å²) in [5.41, 5.74) is -0.769. The molecule has 2 saturated heterocycles. The minimum absolute atomic E-state index is 0.0105. The van der Waals surface area contributed by atoms with Crippen LogP contribution in [0.4, 0.5) is 0 Å². The van der Waals surface area contributed by atoms with Crippen molar-refractivity contribution in [3.8, 4) is 0 Å². The van der Waals surface area contributed by atoms with Crippen LogP contribution in [0.1, 0.15) is 26.7 Å². The molecule has 23 heavy (non-hydrogen) atoms. The monoisotopic (exact) mass is 331 g/mol. The average molecular weight is 331 g/mol. The van der Waals surface area contributed by atoms with Crippen LogP contribution in [-0.2, 0) is 33.4 Å². The van der Waals surface area contributed by atoms with E-state index in [0.29, 0.717) is 5.06 Å². The molecule has 2 amide bonds. The molecule has 130 valence electrons. The molecule has 1 N–H and O–H groups in total. The summed E-state index contributed by atoms with van der Waals surface area (Å²) >= 11 is 0. The van der Waals surface area contributed by atoms with E-state index in [-0.39, 0.29) is 39.3 Å². The lowest BCUT2D eigenvalue weighted by molar-refractivity contribution is -0.296. The Balaban J connectivity index is 1.76. The molecule has 0 bridgehead atoms. The van der Waals surface area contributed by atoms with E-state index >= 15 is 0 Å². The van der Waals surface area contributed by atoms with Crippen molar-refractivity contribution in [2.24, 2.45) is 5.41 Å². The van der Waals surface area contributed by atoms with Gasteiger partial charge < -0.3 is 24.2 Å². The normalized spacial score (nSPS) is 23.2. The molecule has 0 saturated carbocycles. The third kappa shape index (κ3) is 4.47. The Morgan fingerprint density at radius 3 is 2.30 bits per heavy atom. The third-order valence-electron chi connectivity index (χ3n) is 3.61. The zero-order valence-corrected chi connectivity index (χ0v) is 13.2. The van der Waals surface area contributed by atoms with Crippen LogP contribution in [0, 0.1) is 5.41 Å². The second-order valence-corrected chi connectivity index (χ2v) is 6.17. The molecule has 0 atom stereocenters. The van der Waals surface area contributed by atoms with E-state index in [9.17, 15) is 19.5 Å². The number of nitrogens with zero attached hydrogens (tertiary/aromatic N) is 1. The summed E-state index contributed by atoms with van der Waals surface area (Å²) < 4.78 is 16.2. The summed E-state index contributed by atoms with van der Waals surface area (Å²) in [6, 6.07) is 0. The van der Waals surface area contributed by atoms with Crippen LogP contribution in [0.3, 0.4) is 0 Å². The first-order valence-electron chi connectivity index (χ1n) is 7.30. The zero-order valence-electron chi connectivity index (χ0n) is 13.2. The third-order valence-corrected chi connectivity index (χ3v) is 3.61. The van der Waals surface area contributed by atoms with Crippen LogP contribution in [0.5, 0.6) is 0 Å². The number of imide groups is 1. The van der Waals surface area contributed by atoms with Gasteiger partial charge in [0.05, 0.1) is 31.8 Å². The molecule has 0 aliphatic carbocycles.